The van der Waals surface area contributed by atoms with E-state index in [1.54, 1.807) is 11.7 Å². The minimum Gasteiger partial charge on any atom is -0.497 e. The van der Waals surface area contributed by atoms with Gasteiger partial charge in [-0.05, 0) is 40.8 Å². The van der Waals surface area contributed by atoms with E-state index >= 15 is 0 Å². The van der Waals surface area contributed by atoms with Crippen molar-refractivity contribution in [2.24, 2.45) is 7.05 Å². The summed E-state index contributed by atoms with van der Waals surface area (Å²) in [6, 6.07) is 15.3. The largest absolute Gasteiger partial charge is 0.497 e. The maximum atomic E-state index is 12.8. The summed E-state index contributed by atoms with van der Waals surface area (Å²) in [5.74, 6) is 1.36. The number of carbonyl (C=O) groups excluding carboxylic acids is 2. The van der Waals surface area contributed by atoms with Crippen LogP contribution in [0.5, 0.6) is 11.5 Å². The first kappa shape index (κ1) is 29.2. The van der Waals surface area contributed by atoms with Gasteiger partial charge in [-0.15, -0.1) is 21.5 Å². The van der Waals surface area contributed by atoms with Gasteiger partial charge in [0.2, 0.25) is 5.91 Å². The second kappa shape index (κ2) is 12.6. The zero-order valence-corrected chi connectivity index (χ0v) is 24.9. The van der Waals surface area contributed by atoms with Crippen LogP contribution in [0.4, 0.5) is 5.00 Å². The van der Waals surface area contributed by atoms with Crippen molar-refractivity contribution in [2.75, 3.05) is 25.3 Å². The van der Waals surface area contributed by atoms with E-state index in [0.29, 0.717) is 32.9 Å². The van der Waals surface area contributed by atoms with E-state index in [9.17, 15) is 9.59 Å². The lowest BCUT2D eigenvalue weighted by Crippen LogP contribution is -2.16. The number of amides is 1. The number of rotatable bonds is 10. The number of methoxy groups -OCH3 is 2. The van der Waals surface area contributed by atoms with Crippen LogP contribution < -0.4 is 14.8 Å². The highest BCUT2D eigenvalue weighted by Crippen LogP contribution is 2.37. The van der Waals surface area contributed by atoms with Gasteiger partial charge in [0.1, 0.15) is 28.7 Å². The third kappa shape index (κ3) is 6.83. The number of thioether (sulfide) groups is 1. The second-order valence-electron chi connectivity index (χ2n) is 9.93. The molecule has 4 aromatic rings. The van der Waals surface area contributed by atoms with Crippen LogP contribution in [0.2, 0.25) is 0 Å². The van der Waals surface area contributed by atoms with E-state index in [-0.39, 0.29) is 23.7 Å². The summed E-state index contributed by atoms with van der Waals surface area (Å²) < 4.78 is 17.9. The molecule has 2 heterocycles. The number of nitrogens with one attached hydrogen (secondary N) is 1. The molecule has 0 saturated carbocycles. The molecular formula is C29H32N4O5S2. The molecule has 9 nitrogen and oxygen atoms in total. The highest BCUT2D eigenvalue weighted by molar-refractivity contribution is 7.99. The third-order valence-corrected chi connectivity index (χ3v) is 8.10. The van der Waals surface area contributed by atoms with Gasteiger partial charge in [0, 0.05) is 18.0 Å². The van der Waals surface area contributed by atoms with Crippen LogP contribution >= 0.6 is 23.1 Å². The fourth-order valence-electron chi connectivity index (χ4n) is 3.83. The Hall–Kier alpha value is -3.83. The smallest absolute Gasteiger partial charge is 0.341 e. The van der Waals surface area contributed by atoms with Crippen molar-refractivity contribution in [2.45, 2.75) is 37.9 Å². The molecule has 210 valence electrons. The molecule has 4 rings (SSSR count). The topological polar surface area (TPSA) is 105 Å². The maximum absolute atomic E-state index is 12.8. The van der Waals surface area contributed by atoms with Crippen molar-refractivity contribution < 1.29 is 23.8 Å². The highest BCUT2D eigenvalue weighted by atomic mass is 32.2. The maximum Gasteiger partial charge on any atom is 0.341 e. The number of hydrogen-bond donors (Lipinski definition) is 1. The summed E-state index contributed by atoms with van der Waals surface area (Å²) in [7, 11) is 4.74. The summed E-state index contributed by atoms with van der Waals surface area (Å²) in [5, 5.41) is 14.1. The Labute approximate surface area is 241 Å². The molecule has 0 radical (unpaired) electrons. The second-order valence-corrected chi connectivity index (χ2v) is 11.8. The minimum absolute atomic E-state index is 0.0732. The van der Waals surface area contributed by atoms with Gasteiger partial charge in [-0.2, -0.15) is 0 Å². The van der Waals surface area contributed by atoms with Gasteiger partial charge in [0.25, 0.3) is 0 Å². The number of hydrogen-bond acceptors (Lipinski definition) is 9. The molecule has 0 saturated heterocycles. The summed E-state index contributed by atoms with van der Waals surface area (Å²) in [5.41, 5.74) is 3.10. The summed E-state index contributed by atoms with van der Waals surface area (Å²) in [6.07, 6.45) is 0. The van der Waals surface area contributed by atoms with Gasteiger partial charge in [-0.1, -0.05) is 56.8 Å². The van der Waals surface area contributed by atoms with Crippen LogP contribution in [0.25, 0.3) is 11.1 Å². The molecule has 2 aromatic heterocycles. The van der Waals surface area contributed by atoms with Gasteiger partial charge >= 0.3 is 5.97 Å². The van der Waals surface area contributed by atoms with E-state index < -0.39 is 5.97 Å². The van der Waals surface area contributed by atoms with Crippen molar-refractivity contribution in [3.8, 4) is 22.6 Å². The zero-order valence-electron chi connectivity index (χ0n) is 23.3. The number of nitrogens with zero attached hydrogens (tertiary/aromatic N) is 3. The number of benzene rings is 2. The first-order valence-electron chi connectivity index (χ1n) is 12.5. The van der Waals surface area contributed by atoms with Crippen LogP contribution in [0, 0.1) is 0 Å². The quantitative estimate of drug-likeness (QED) is 0.181. The summed E-state index contributed by atoms with van der Waals surface area (Å²) in [6.45, 7) is 6.75. The van der Waals surface area contributed by atoms with Crippen molar-refractivity contribution in [1.29, 1.82) is 0 Å². The minimum atomic E-state index is -0.527. The lowest BCUT2D eigenvalue weighted by molar-refractivity contribution is -0.113. The molecular weight excluding hydrogens is 548 g/mol. The van der Waals surface area contributed by atoms with Crippen LogP contribution in [0.3, 0.4) is 0 Å². The van der Waals surface area contributed by atoms with E-state index in [1.807, 2.05) is 48.8 Å². The molecule has 11 heteroatoms. The standard InChI is InChI=1S/C29H32N4O5S2/c1-29(2,3)19-9-13-21(14-10-19)38-15-23-31-32-28(33(23)4)40-17-24(34)30-26-25(27(35)37-6)22(16-39-26)18-7-11-20(36-5)12-8-18/h7-14,16H,15,17H2,1-6H3,(H,30,34). The Morgan fingerprint density at radius 2 is 1.68 bits per heavy atom. The van der Waals surface area contributed by atoms with Crippen LogP contribution in [0.15, 0.2) is 59.1 Å². The number of esters is 1. The normalized spacial score (nSPS) is 11.2. The number of thiophene rings is 1. The molecule has 0 bridgehead atoms. The molecule has 0 aliphatic rings. The molecule has 0 unspecified atom stereocenters. The fraction of sp³-hybridized carbons (Fsp3) is 0.310. The fourth-order valence-corrected chi connectivity index (χ4v) is 5.53. The lowest BCUT2D eigenvalue weighted by atomic mass is 9.87. The lowest BCUT2D eigenvalue weighted by Gasteiger charge is -2.19. The SMILES string of the molecule is COC(=O)c1c(-c2ccc(OC)cc2)csc1NC(=O)CSc1nnc(COc2ccc(C(C)(C)C)cc2)n1C. The van der Waals surface area contributed by atoms with Crippen molar-refractivity contribution >= 4 is 40.0 Å². The van der Waals surface area contributed by atoms with Crippen molar-refractivity contribution in [3.63, 3.8) is 0 Å². The molecule has 0 atom stereocenters. The van der Waals surface area contributed by atoms with Gasteiger partial charge in [-0.25, -0.2) is 4.79 Å². The Morgan fingerprint density at radius 3 is 2.30 bits per heavy atom. The molecule has 0 aliphatic heterocycles. The Bertz CT molecular complexity index is 1470. The number of anilines is 1. The van der Waals surface area contributed by atoms with E-state index in [2.05, 4.69) is 48.4 Å². The molecule has 0 fully saturated rings. The first-order chi connectivity index (χ1) is 19.1. The predicted octanol–water partition coefficient (Wildman–Crippen LogP) is 5.95. The Morgan fingerprint density at radius 1 is 1.00 bits per heavy atom. The van der Waals surface area contributed by atoms with Gasteiger partial charge in [0.05, 0.1) is 20.0 Å². The van der Waals surface area contributed by atoms with E-state index in [4.69, 9.17) is 14.2 Å². The number of ether oxygens (including phenoxy) is 3. The molecule has 0 aliphatic carbocycles. The van der Waals surface area contributed by atoms with Crippen molar-refractivity contribution in [3.05, 3.63) is 70.9 Å². The van der Waals surface area contributed by atoms with Crippen LogP contribution in [-0.4, -0.2) is 46.6 Å². The molecule has 2 aromatic carbocycles. The number of aromatic nitrogens is 3. The molecule has 40 heavy (non-hydrogen) atoms. The molecule has 1 N–H and O–H groups in total. The number of carbonyl (C=O) groups is 2. The first-order valence-corrected chi connectivity index (χ1v) is 14.4. The van der Waals surface area contributed by atoms with E-state index in [0.717, 1.165) is 11.3 Å². The monoisotopic (exact) mass is 580 g/mol. The van der Waals surface area contributed by atoms with Gasteiger partial charge < -0.3 is 24.1 Å². The van der Waals surface area contributed by atoms with Gasteiger partial charge in [0.15, 0.2) is 11.0 Å². The average molecular weight is 581 g/mol. The Kier molecular flexibility index (Phi) is 9.16. The van der Waals surface area contributed by atoms with Crippen LogP contribution in [0.1, 0.15) is 42.5 Å². The molecule has 0 spiro atoms. The van der Waals surface area contributed by atoms with Crippen LogP contribution in [-0.2, 0) is 28.6 Å². The van der Waals surface area contributed by atoms with Gasteiger partial charge in [-0.3, -0.25) is 4.79 Å². The van der Waals surface area contributed by atoms with Crippen molar-refractivity contribution in [1.82, 2.24) is 14.8 Å². The highest BCUT2D eigenvalue weighted by Gasteiger charge is 2.23. The average Bonchev–Trinajstić information content (AvgIpc) is 3.52. The molecule has 1 amide bonds. The summed E-state index contributed by atoms with van der Waals surface area (Å²) >= 11 is 2.51. The predicted molar refractivity (Wildman–Crippen MR) is 157 cm³/mol. The zero-order chi connectivity index (χ0) is 28.9. The third-order valence-electron chi connectivity index (χ3n) is 6.18. The van der Waals surface area contributed by atoms with E-state index in [1.165, 1.54) is 35.8 Å². The Balaban J connectivity index is 1.37. The summed E-state index contributed by atoms with van der Waals surface area (Å²) in [4.78, 5) is 25.4.